The van der Waals surface area contributed by atoms with Crippen molar-refractivity contribution in [1.82, 2.24) is 10.2 Å². The first-order valence-electron chi connectivity index (χ1n) is 8.61. The Morgan fingerprint density at radius 3 is 2.50 bits per heavy atom. The van der Waals surface area contributed by atoms with E-state index in [1.165, 1.54) is 51.6 Å². The molecule has 1 saturated heterocycles. The summed E-state index contributed by atoms with van der Waals surface area (Å²) < 4.78 is 5.98. The molecule has 0 aromatic rings. The number of nitrogens with one attached hydrogen (secondary N) is 1. The highest BCUT2D eigenvalue weighted by atomic mass is 16.5. The van der Waals surface area contributed by atoms with E-state index >= 15 is 0 Å². The number of hydrogen-bond donors (Lipinski definition) is 1. The monoisotopic (exact) mass is 280 g/mol. The molecule has 2 aliphatic carbocycles. The van der Waals surface area contributed by atoms with Crippen LogP contribution in [0.15, 0.2) is 0 Å². The summed E-state index contributed by atoms with van der Waals surface area (Å²) in [5, 5.41) is 3.87. The molecule has 1 heterocycles. The van der Waals surface area contributed by atoms with Gasteiger partial charge in [-0.3, -0.25) is 4.90 Å². The second-order valence-electron chi connectivity index (χ2n) is 8.16. The van der Waals surface area contributed by atoms with Gasteiger partial charge in [-0.1, -0.05) is 12.8 Å². The molecular weight excluding hydrogens is 248 g/mol. The second kappa shape index (κ2) is 5.58. The third-order valence-electron chi connectivity index (χ3n) is 5.40. The summed E-state index contributed by atoms with van der Waals surface area (Å²) in [5.74, 6) is 0.958. The Kier molecular flexibility index (Phi) is 4.13. The molecule has 0 radical (unpaired) electrons. The molecule has 2 saturated carbocycles. The van der Waals surface area contributed by atoms with Crippen LogP contribution in [0.3, 0.4) is 0 Å². The molecule has 1 spiro atoms. The van der Waals surface area contributed by atoms with Crippen LogP contribution < -0.4 is 5.32 Å². The molecule has 3 aliphatic rings. The molecule has 20 heavy (non-hydrogen) atoms. The Balaban J connectivity index is 1.59. The van der Waals surface area contributed by atoms with Gasteiger partial charge in [0.1, 0.15) is 0 Å². The summed E-state index contributed by atoms with van der Waals surface area (Å²) in [6, 6.07) is 0.746. The van der Waals surface area contributed by atoms with Crippen LogP contribution in [0.25, 0.3) is 0 Å². The second-order valence-corrected chi connectivity index (χ2v) is 8.16. The van der Waals surface area contributed by atoms with Crippen molar-refractivity contribution in [3.05, 3.63) is 0 Å². The number of rotatable bonds is 4. The molecule has 1 unspecified atom stereocenters. The van der Waals surface area contributed by atoms with Gasteiger partial charge in [0.15, 0.2) is 0 Å². The highest BCUT2D eigenvalue weighted by Gasteiger charge is 2.46. The van der Waals surface area contributed by atoms with E-state index in [9.17, 15) is 0 Å². The van der Waals surface area contributed by atoms with Crippen LogP contribution in [0.4, 0.5) is 0 Å². The van der Waals surface area contributed by atoms with Crippen LogP contribution in [-0.2, 0) is 4.74 Å². The fraction of sp³-hybridized carbons (Fsp3) is 1.00. The van der Waals surface area contributed by atoms with Gasteiger partial charge >= 0.3 is 0 Å². The van der Waals surface area contributed by atoms with Gasteiger partial charge in [0.05, 0.1) is 12.2 Å². The highest BCUT2D eigenvalue weighted by Crippen LogP contribution is 2.41. The van der Waals surface area contributed by atoms with Crippen LogP contribution >= 0.6 is 0 Å². The van der Waals surface area contributed by atoms with Gasteiger partial charge in [0.2, 0.25) is 0 Å². The van der Waals surface area contributed by atoms with Crippen LogP contribution in [-0.4, -0.2) is 48.3 Å². The summed E-state index contributed by atoms with van der Waals surface area (Å²) in [6.45, 7) is 10.9. The third-order valence-corrected chi connectivity index (χ3v) is 5.40. The Morgan fingerprint density at radius 1 is 1.20 bits per heavy atom. The maximum atomic E-state index is 5.98. The van der Waals surface area contributed by atoms with Crippen LogP contribution in [0.5, 0.6) is 0 Å². The number of ether oxygens (including phenoxy) is 1. The van der Waals surface area contributed by atoms with Crippen molar-refractivity contribution in [3.63, 3.8) is 0 Å². The quantitative estimate of drug-likeness (QED) is 0.857. The SMILES string of the molecule is CC(C)(C)OCCN1CC(C2CC2)NCC12CCCC2. The van der Waals surface area contributed by atoms with E-state index in [0.717, 1.165) is 25.1 Å². The van der Waals surface area contributed by atoms with Gasteiger partial charge in [0.25, 0.3) is 0 Å². The largest absolute Gasteiger partial charge is 0.375 e. The van der Waals surface area contributed by atoms with E-state index in [1.54, 1.807) is 0 Å². The normalized spacial score (nSPS) is 31.1. The van der Waals surface area contributed by atoms with Crippen LogP contribution in [0, 0.1) is 5.92 Å². The maximum Gasteiger partial charge on any atom is 0.0600 e. The topological polar surface area (TPSA) is 24.5 Å². The van der Waals surface area contributed by atoms with Gasteiger partial charge in [-0.15, -0.1) is 0 Å². The van der Waals surface area contributed by atoms with Gasteiger partial charge in [-0.2, -0.15) is 0 Å². The van der Waals surface area contributed by atoms with Crippen molar-refractivity contribution < 1.29 is 4.74 Å². The van der Waals surface area contributed by atoms with Gasteiger partial charge in [-0.05, 0) is 52.4 Å². The van der Waals surface area contributed by atoms with Gasteiger partial charge in [-0.25, -0.2) is 0 Å². The van der Waals surface area contributed by atoms with Gasteiger partial charge < -0.3 is 10.1 Å². The maximum absolute atomic E-state index is 5.98. The summed E-state index contributed by atoms with van der Waals surface area (Å²) >= 11 is 0. The summed E-state index contributed by atoms with van der Waals surface area (Å²) in [6.07, 6.45) is 8.46. The first-order chi connectivity index (χ1) is 9.49. The standard InChI is InChI=1S/C17H32N2O/c1-16(2,3)20-11-10-19-12-15(14-6-7-14)18-13-17(19)8-4-5-9-17/h14-15,18H,4-13H2,1-3H3. The minimum absolute atomic E-state index is 0.00717. The molecule has 3 heteroatoms. The molecule has 1 N–H and O–H groups in total. The number of hydrogen-bond acceptors (Lipinski definition) is 3. The first kappa shape index (κ1) is 14.8. The lowest BCUT2D eigenvalue weighted by molar-refractivity contribution is -0.0398. The van der Waals surface area contributed by atoms with E-state index in [-0.39, 0.29) is 5.60 Å². The Morgan fingerprint density at radius 2 is 1.90 bits per heavy atom. The average Bonchev–Trinajstić information content (AvgIpc) is 3.11. The van der Waals surface area contributed by atoms with Crippen LogP contribution in [0.1, 0.15) is 59.3 Å². The predicted molar refractivity (Wildman–Crippen MR) is 83.0 cm³/mol. The first-order valence-corrected chi connectivity index (χ1v) is 8.61. The lowest BCUT2D eigenvalue weighted by atomic mass is 9.90. The molecule has 3 nitrogen and oxygen atoms in total. The lowest BCUT2D eigenvalue weighted by Crippen LogP contribution is -2.64. The molecule has 3 fully saturated rings. The molecule has 0 aromatic heterocycles. The molecule has 116 valence electrons. The molecule has 1 atom stereocenters. The fourth-order valence-corrected chi connectivity index (χ4v) is 4.06. The van der Waals surface area contributed by atoms with Crippen molar-refractivity contribution in [2.24, 2.45) is 5.92 Å². The Bertz CT molecular complexity index is 326. The third kappa shape index (κ3) is 3.37. The van der Waals surface area contributed by atoms with E-state index in [2.05, 4.69) is 31.0 Å². The smallest absolute Gasteiger partial charge is 0.0600 e. The number of piperazine rings is 1. The predicted octanol–water partition coefficient (Wildman–Crippen LogP) is 2.80. The van der Waals surface area contributed by atoms with Crippen molar-refractivity contribution in [3.8, 4) is 0 Å². The molecule has 0 aromatic carbocycles. The molecule has 0 bridgehead atoms. The molecule has 0 amide bonds. The summed E-state index contributed by atoms with van der Waals surface area (Å²) in [7, 11) is 0. The zero-order chi connectivity index (χ0) is 14.2. The van der Waals surface area contributed by atoms with E-state index in [4.69, 9.17) is 4.74 Å². The zero-order valence-electron chi connectivity index (χ0n) is 13.6. The Hall–Kier alpha value is -0.120. The lowest BCUT2D eigenvalue weighted by Gasteiger charge is -2.48. The minimum Gasteiger partial charge on any atom is -0.375 e. The number of nitrogens with zero attached hydrogens (tertiary/aromatic N) is 1. The van der Waals surface area contributed by atoms with E-state index < -0.39 is 0 Å². The van der Waals surface area contributed by atoms with Crippen molar-refractivity contribution in [1.29, 1.82) is 0 Å². The van der Waals surface area contributed by atoms with Crippen molar-refractivity contribution in [2.45, 2.75) is 76.5 Å². The van der Waals surface area contributed by atoms with Crippen molar-refractivity contribution in [2.75, 3.05) is 26.2 Å². The minimum atomic E-state index is -0.00717. The highest BCUT2D eigenvalue weighted by molar-refractivity contribution is 5.04. The summed E-state index contributed by atoms with van der Waals surface area (Å²) in [4.78, 5) is 2.78. The molecular formula is C17H32N2O. The van der Waals surface area contributed by atoms with Crippen molar-refractivity contribution >= 4 is 0 Å². The zero-order valence-corrected chi connectivity index (χ0v) is 13.6. The Labute approximate surface area is 124 Å². The van der Waals surface area contributed by atoms with E-state index in [0.29, 0.717) is 5.54 Å². The van der Waals surface area contributed by atoms with E-state index in [1.807, 2.05) is 0 Å². The van der Waals surface area contributed by atoms with Gasteiger partial charge in [0, 0.05) is 31.2 Å². The molecule has 3 rings (SSSR count). The van der Waals surface area contributed by atoms with Crippen LogP contribution in [0.2, 0.25) is 0 Å². The summed E-state index contributed by atoms with van der Waals surface area (Å²) in [5.41, 5.74) is 0.444. The fourth-order valence-electron chi connectivity index (χ4n) is 4.06. The molecule has 1 aliphatic heterocycles. The average molecular weight is 280 g/mol.